The third kappa shape index (κ3) is 1.52. The zero-order chi connectivity index (χ0) is 11.9. The van der Waals surface area contributed by atoms with E-state index in [4.69, 9.17) is 5.84 Å². The molecule has 0 radical (unpaired) electrons. The van der Waals surface area contributed by atoms with Crippen LogP contribution in [0.25, 0.3) is 0 Å². The summed E-state index contributed by atoms with van der Waals surface area (Å²) in [6, 6.07) is 0.0488. The van der Waals surface area contributed by atoms with Crippen LogP contribution in [0.5, 0.6) is 0 Å². The molecule has 0 spiro atoms. The van der Waals surface area contributed by atoms with Gasteiger partial charge in [0.25, 0.3) is 0 Å². The summed E-state index contributed by atoms with van der Waals surface area (Å²) in [5, 5.41) is 1.84. The number of allylic oxidation sites excluding steroid dienone is 3. The van der Waals surface area contributed by atoms with E-state index in [1.165, 1.54) is 5.57 Å². The van der Waals surface area contributed by atoms with Gasteiger partial charge < -0.3 is 0 Å². The van der Waals surface area contributed by atoms with E-state index in [0.717, 1.165) is 12.3 Å². The highest BCUT2D eigenvalue weighted by atomic mass is 15.5. The van der Waals surface area contributed by atoms with Gasteiger partial charge in [0.15, 0.2) is 0 Å². The number of hydrogen-bond acceptors (Lipinski definition) is 4. The molecule has 3 heterocycles. The van der Waals surface area contributed by atoms with Crippen LogP contribution in [0.2, 0.25) is 0 Å². The first-order valence-corrected chi connectivity index (χ1v) is 5.85. The van der Waals surface area contributed by atoms with Crippen molar-refractivity contribution in [2.24, 2.45) is 15.8 Å². The predicted octanol–water partition coefficient (Wildman–Crippen LogP) is 0.881. The zero-order valence-electron chi connectivity index (χ0n) is 9.87. The molecule has 1 saturated heterocycles. The maximum absolute atomic E-state index is 6.16. The Hall–Kier alpha value is -1.52. The highest BCUT2D eigenvalue weighted by Gasteiger charge is 2.45. The third-order valence-corrected chi connectivity index (χ3v) is 3.67. The molecule has 2 N–H and O–H groups in total. The van der Waals surface area contributed by atoms with E-state index in [-0.39, 0.29) is 11.6 Å². The Morgan fingerprint density at radius 1 is 1.47 bits per heavy atom. The topological polar surface area (TPSA) is 54.0 Å². The summed E-state index contributed by atoms with van der Waals surface area (Å²) in [5.41, 5.74) is 2.02. The fourth-order valence-corrected chi connectivity index (χ4v) is 2.57. The Bertz CT molecular complexity index is 484. The van der Waals surface area contributed by atoms with Crippen molar-refractivity contribution in [1.29, 1.82) is 0 Å². The first-order valence-electron chi connectivity index (χ1n) is 5.85. The van der Waals surface area contributed by atoms with Crippen molar-refractivity contribution in [1.82, 2.24) is 5.01 Å². The number of dihydropyridines is 1. The van der Waals surface area contributed by atoms with Crippen molar-refractivity contribution in [2.75, 3.05) is 13.1 Å². The van der Waals surface area contributed by atoms with E-state index in [2.05, 4.69) is 41.2 Å². The second-order valence-electron chi connectivity index (χ2n) is 4.75. The van der Waals surface area contributed by atoms with E-state index in [1.807, 2.05) is 17.3 Å². The molecule has 0 aromatic heterocycles. The summed E-state index contributed by atoms with van der Waals surface area (Å²) >= 11 is 0. The van der Waals surface area contributed by atoms with Gasteiger partial charge in [0.05, 0.1) is 30.4 Å². The van der Waals surface area contributed by atoms with Crippen LogP contribution >= 0.6 is 0 Å². The van der Waals surface area contributed by atoms with Crippen LogP contribution in [0.1, 0.15) is 6.92 Å². The lowest BCUT2D eigenvalue weighted by Gasteiger charge is -2.46. The largest absolute Gasteiger partial charge is 0.284 e. The molecule has 1 unspecified atom stereocenters. The van der Waals surface area contributed by atoms with Crippen LogP contribution in [0.15, 0.2) is 45.9 Å². The van der Waals surface area contributed by atoms with Crippen molar-refractivity contribution in [2.45, 2.75) is 18.5 Å². The van der Waals surface area contributed by atoms with Crippen LogP contribution in [-0.2, 0) is 0 Å². The smallest absolute Gasteiger partial charge is 0.0996 e. The summed E-state index contributed by atoms with van der Waals surface area (Å²) in [5.74, 6) is 6.16. The van der Waals surface area contributed by atoms with Crippen LogP contribution in [-0.4, -0.2) is 41.6 Å². The first kappa shape index (κ1) is 10.6. The lowest BCUT2D eigenvalue weighted by atomic mass is 9.79. The minimum Gasteiger partial charge on any atom is -0.284 e. The van der Waals surface area contributed by atoms with Gasteiger partial charge in [-0.05, 0) is 13.0 Å². The number of rotatable bonds is 0. The number of piperidine rings is 1. The number of hydrogen-bond donors (Lipinski definition) is 1. The Balaban J connectivity index is 2.10. The molecule has 0 aliphatic carbocycles. The van der Waals surface area contributed by atoms with Crippen molar-refractivity contribution < 1.29 is 0 Å². The van der Waals surface area contributed by atoms with Gasteiger partial charge >= 0.3 is 0 Å². The van der Waals surface area contributed by atoms with Gasteiger partial charge in [-0.1, -0.05) is 24.3 Å². The Morgan fingerprint density at radius 3 is 3.24 bits per heavy atom. The average Bonchev–Trinajstić information content (AvgIpc) is 2.55. The van der Waals surface area contributed by atoms with Gasteiger partial charge in [-0.25, -0.2) is 5.01 Å². The van der Waals surface area contributed by atoms with Crippen molar-refractivity contribution in [3.05, 3.63) is 36.0 Å². The van der Waals surface area contributed by atoms with Crippen molar-refractivity contribution in [3.8, 4) is 0 Å². The van der Waals surface area contributed by atoms with Crippen LogP contribution in [0, 0.1) is 0 Å². The highest BCUT2D eigenvalue weighted by molar-refractivity contribution is 6.05. The van der Waals surface area contributed by atoms with E-state index < -0.39 is 0 Å². The molecule has 1 fully saturated rings. The lowest BCUT2D eigenvalue weighted by Crippen LogP contribution is -2.63. The molecule has 17 heavy (non-hydrogen) atoms. The third-order valence-electron chi connectivity index (χ3n) is 3.67. The standard InChI is InChI=1S/C13H16N4/c1-13-6-4-8-16-12(13)10-5-2-3-7-15-11(10)9-17(13)14/h2-6,8,12H,7,9,14H2,1H3/t12-,13?/m0/s1. The Morgan fingerprint density at radius 2 is 2.35 bits per heavy atom. The molecule has 0 aromatic rings. The minimum atomic E-state index is -0.238. The fraction of sp³-hybridized carbons (Fsp3) is 0.385. The monoisotopic (exact) mass is 228 g/mol. The van der Waals surface area contributed by atoms with E-state index in [9.17, 15) is 0 Å². The molecule has 4 heteroatoms. The quantitative estimate of drug-likeness (QED) is 0.626. The number of aliphatic imine (C=N–C) groups is 2. The van der Waals surface area contributed by atoms with Gasteiger partial charge in [0, 0.05) is 11.8 Å². The molecule has 3 aliphatic rings. The number of fused-ring (bicyclic) bond motifs is 3. The summed E-state index contributed by atoms with van der Waals surface area (Å²) in [6.45, 7) is 3.53. The van der Waals surface area contributed by atoms with E-state index in [0.29, 0.717) is 6.54 Å². The van der Waals surface area contributed by atoms with Gasteiger partial charge in [-0.2, -0.15) is 0 Å². The van der Waals surface area contributed by atoms with Gasteiger partial charge in [-0.15, -0.1) is 0 Å². The number of hydrazine groups is 1. The molecule has 3 rings (SSSR count). The molecular formula is C13H16N4. The highest BCUT2D eigenvalue weighted by Crippen LogP contribution is 2.34. The van der Waals surface area contributed by atoms with Gasteiger partial charge in [0.2, 0.25) is 0 Å². The minimum absolute atomic E-state index is 0.0488. The van der Waals surface area contributed by atoms with Crippen LogP contribution in [0.4, 0.5) is 0 Å². The van der Waals surface area contributed by atoms with Crippen molar-refractivity contribution in [3.63, 3.8) is 0 Å². The Kier molecular flexibility index (Phi) is 2.34. The summed E-state index contributed by atoms with van der Waals surface area (Å²) in [4.78, 5) is 9.14. The van der Waals surface area contributed by atoms with Crippen molar-refractivity contribution >= 4 is 11.9 Å². The average molecular weight is 228 g/mol. The lowest BCUT2D eigenvalue weighted by molar-refractivity contribution is 0.144. The summed E-state index contributed by atoms with van der Waals surface area (Å²) in [7, 11) is 0. The number of nitrogens with zero attached hydrogens (tertiary/aromatic N) is 3. The summed E-state index contributed by atoms with van der Waals surface area (Å²) in [6.07, 6.45) is 12.2. The molecule has 0 amide bonds. The maximum Gasteiger partial charge on any atom is 0.0996 e. The zero-order valence-corrected chi connectivity index (χ0v) is 9.87. The summed E-state index contributed by atoms with van der Waals surface area (Å²) < 4.78 is 0. The van der Waals surface area contributed by atoms with Gasteiger partial charge in [0.1, 0.15) is 0 Å². The maximum atomic E-state index is 6.16. The molecule has 4 nitrogen and oxygen atoms in total. The predicted molar refractivity (Wildman–Crippen MR) is 70.2 cm³/mol. The van der Waals surface area contributed by atoms with Crippen LogP contribution in [0.3, 0.4) is 0 Å². The van der Waals surface area contributed by atoms with Crippen LogP contribution < -0.4 is 5.84 Å². The van der Waals surface area contributed by atoms with E-state index in [1.54, 1.807) is 0 Å². The molecule has 0 saturated carbocycles. The second-order valence-corrected chi connectivity index (χ2v) is 4.75. The molecule has 2 atom stereocenters. The Labute approximate surface area is 101 Å². The number of nitrogens with two attached hydrogens (primary N) is 1. The molecule has 88 valence electrons. The molecule has 0 aromatic carbocycles. The first-order chi connectivity index (χ1) is 8.22. The molecule has 0 bridgehead atoms. The molecule has 3 aliphatic heterocycles. The van der Waals surface area contributed by atoms with Gasteiger partial charge in [-0.3, -0.25) is 15.8 Å². The normalized spacial score (nSPS) is 35.8. The molecular weight excluding hydrogens is 212 g/mol. The fourth-order valence-electron chi connectivity index (χ4n) is 2.57. The SMILES string of the molecule is CC12C=CC=N[C@H]1C1=CC=CCN=C1CN2N. The second kappa shape index (κ2) is 3.75. The van der Waals surface area contributed by atoms with E-state index >= 15 is 0 Å².